The van der Waals surface area contributed by atoms with Crippen LogP contribution < -0.4 is 10.1 Å². The van der Waals surface area contributed by atoms with Crippen molar-refractivity contribution in [1.82, 2.24) is 0 Å². The van der Waals surface area contributed by atoms with E-state index in [1.54, 1.807) is 18.2 Å². The lowest BCUT2D eigenvalue weighted by Crippen LogP contribution is -2.23. The average molecular weight is 280 g/mol. The average Bonchev–Trinajstić information content (AvgIpc) is 2.46. The Kier molecular flexibility index (Phi) is 4.79. The summed E-state index contributed by atoms with van der Waals surface area (Å²) in [5, 5.41) is 23.8. The molecule has 0 spiro atoms. The Morgan fingerprint density at radius 1 is 1.40 bits per heavy atom. The fraction of sp³-hybridized carbons (Fsp3) is 0.571. The van der Waals surface area contributed by atoms with E-state index < -0.39 is 4.92 Å². The predicted octanol–water partition coefficient (Wildman–Crippen LogP) is 2.57. The number of nitro groups is 1. The molecule has 1 saturated carbocycles. The van der Waals surface area contributed by atoms with E-state index in [-0.39, 0.29) is 17.5 Å². The predicted molar refractivity (Wildman–Crippen MR) is 76.1 cm³/mol. The highest BCUT2D eigenvalue weighted by Crippen LogP contribution is 2.35. The lowest BCUT2D eigenvalue weighted by Gasteiger charge is -2.25. The number of nitrogens with one attached hydrogen (secondary N) is 1. The first kappa shape index (κ1) is 14.6. The standard InChI is InChI=1S/C14H20N2O4/c1-20-13-4-2-3-12(14(13)16(18)19)15-9-10-5-7-11(17)8-6-10/h2-4,10-11,15,17H,5-9H2,1H3. The van der Waals surface area contributed by atoms with E-state index >= 15 is 0 Å². The number of nitrogens with zero attached hydrogens (tertiary/aromatic N) is 1. The quantitative estimate of drug-likeness (QED) is 0.639. The van der Waals surface area contributed by atoms with Gasteiger partial charge < -0.3 is 15.2 Å². The summed E-state index contributed by atoms with van der Waals surface area (Å²) in [5.74, 6) is 0.711. The Morgan fingerprint density at radius 3 is 2.70 bits per heavy atom. The normalized spacial score (nSPS) is 22.3. The molecule has 2 N–H and O–H groups in total. The number of ether oxygens (including phenoxy) is 1. The summed E-state index contributed by atoms with van der Waals surface area (Å²) in [6.45, 7) is 0.681. The van der Waals surface area contributed by atoms with Gasteiger partial charge in [0.2, 0.25) is 0 Å². The number of hydrogen-bond acceptors (Lipinski definition) is 5. The van der Waals surface area contributed by atoms with Gasteiger partial charge in [0, 0.05) is 6.54 Å². The number of anilines is 1. The Hall–Kier alpha value is -1.82. The number of aliphatic hydroxyl groups is 1. The molecular formula is C14H20N2O4. The van der Waals surface area contributed by atoms with Gasteiger partial charge in [-0.3, -0.25) is 10.1 Å². The molecule has 0 amide bonds. The van der Waals surface area contributed by atoms with Crippen LogP contribution in [0.1, 0.15) is 25.7 Å². The van der Waals surface area contributed by atoms with E-state index in [1.807, 2.05) is 0 Å². The molecule has 0 aromatic heterocycles. The van der Waals surface area contributed by atoms with E-state index in [0.29, 0.717) is 18.2 Å². The molecule has 0 atom stereocenters. The van der Waals surface area contributed by atoms with E-state index in [2.05, 4.69) is 5.32 Å². The Morgan fingerprint density at radius 2 is 2.10 bits per heavy atom. The van der Waals surface area contributed by atoms with E-state index in [9.17, 15) is 15.2 Å². The minimum absolute atomic E-state index is 0.0224. The molecule has 6 heteroatoms. The first-order chi connectivity index (χ1) is 9.61. The van der Waals surface area contributed by atoms with Gasteiger partial charge in [0.1, 0.15) is 5.69 Å². The van der Waals surface area contributed by atoms with Crippen molar-refractivity contribution in [3.05, 3.63) is 28.3 Å². The van der Waals surface area contributed by atoms with Gasteiger partial charge in [0.15, 0.2) is 5.75 Å². The summed E-state index contributed by atoms with van der Waals surface area (Å²) in [4.78, 5) is 10.7. The van der Waals surface area contributed by atoms with Crippen LogP contribution in [0, 0.1) is 16.0 Å². The first-order valence-electron chi connectivity index (χ1n) is 6.85. The van der Waals surface area contributed by atoms with Crippen molar-refractivity contribution in [1.29, 1.82) is 0 Å². The fourth-order valence-electron chi connectivity index (χ4n) is 2.62. The van der Waals surface area contributed by atoms with Crippen LogP contribution >= 0.6 is 0 Å². The smallest absolute Gasteiger partial charge is 0.333 e. The molecule has 0 bridgehead atoms. The van der Waals surface area contributed by atoms with Gasteiger partial charge in [-0.05, 0) is 43.7 Å². The maximum atomic E-state index is 11.1. The molecule has 1 aliphatic rings. The molecule has 0 radical (unpaired) electrons. The van der Waals surface area contributed by atoms with Crippen LogP contribution in [0.5, 0.6) is 5.75 Å². The molecule has 6 nitrogen and oxygen atoms in total. The van der Waals surface area contributed by atoms with Gasteiger partial charge in [-0.1, -0.05) is 6.07 Å². The SMILES string of the molecule is COc1cccc(NCC2CCC(O)CC2)c1[N+](=O)[O-]. The van der Waals surface area contributed by atoms with Crippen LogP contribution in [-0.2, 0) is 0 Å². The monoisotopic (exact) mass is 280 g/mol. The summed E-state index contributed by atoms with van der Waals surface area (Å²) in [7, 11) is 1.43. The van der Waals surface area contributed by atoms with Crippen molar-refractivity contribution in [2.75, 3.05) is 19.0 Å². The molecule has 1 aliphatic carbocycles. The van der Waals surface area contributed by atoms with Crippen molar-refractivity contribution in [2.24, 2.45) is 5.92 Å². The molecule has 0 unspecified atom stereocenters. The molecule has 1 aromatic rings. The summed E-state index contributed by atoms with van der Waals surface area (Å²) in [6.07, 6.45) is 3.34. The Labute approximate surface area is 117 Å². The van der Waals surface area contributed by atoms with Gasteiger partial charge >= 0.3 is 5.69 Å². The van der Waals surface area contributed by atoms with Crippen LogP contribution in [0.4, 0.5) is 11.4 Å². The lowest BCUT2D eigenvalue weighted by molar-refractivity contribution is -0.384. The van der Waals surface area contributed by atoms with Crippen LogP contribution in [0.3, 0.4) is 0 Å². The van der Waals surface area contributed by atoms with Crippen molar-refractivity contribution >= 4 is 11.4 Å². The molecule has 0 saturated heterocycles. The third-order valence-electron chi connectivity index (χ3n) is 3.80. The van der Waals surface area contributed by atoms with E-state index in [4.69, 9.17) is 4.74 Å². The van der Waals surface area contributed by atoms with Gasteiger partial charge in [0.05, 0.1) is 18.1 Å². The highest BCUT2D eigenvalue weighted by atomic mass is 16.6. The van der Waals surface area contributed by atoms with Gasteiger partial charge in [-0.25, -0.2) is 0 Å². The number of rotatable bonds is 5. The van der Waals surface area contributed by atoms with Crippen molar-refractivity contribution in [3.8, 4) is 5.75 Å². The van der Waals surface area contributed by atoms with Crippen LogP contribution in [0.15, 0.2) is 18.2 Å². The third kappa shape index (κ3) is 3.39. The topological polar surface area (TPSA) is 84.6 Å². The fourth-order valence-corrected chi connectivity index (χ4v) is 2.62. The Balaban J connectivity index is 2.04. The maximum absolute atomic E-state index is 11.1. The summed E-state index contributed by atoms with van der Waals surface area (Å²) in [6, 6.07) is 5.01. The van der Waals surface area contributed by atoms with E-state index in [0.717, 1.165) is 25.7 Å². The molecule has 0 aliphatic heterocycles. The summed E-state index contributed by atoms with van der Waals surface area (Å²) < 4.78 is 5.04. The van der Waals surface area contributed by atoms with Gasteiger partial charge in [0.25, 0.3) is 0 Å². The summed E-state index contributed by atoms with van der Waals surface area (Å²) >= 11 is 0. The van der Waals surface area contributed by atoms with Crippen LogP contribution in [-0.4, -0.2) is 29.8 Å². The third-order valence-corrected chi connectivity index (χ3v) is 3.80. The second-order valence-corrected chi connectivity index (χ2v) is 5.17. The van der Waals surface area contributed by atoms with Gasteiger partial charge in [-0.2, -0.15) is 0 Å². The number of hydrogen-bond donors (Lipinski definition) is 2. The lowest BCUT2D eigenvalue weighted by atomic mass is 9.87. The van der Waals surface area contributed by atoms with Crippen LogP contribution in [0.2, 0.25) is 0 Å². The zero-order valence-corrected chi connectivity index (χ0v) is 11.5. The van der Waals surface area contributed by atoms with Crippen LogP contribution in [0.25, 0.3) is 0 Å². The number of para-hydroxylation sites is 1. The minimum Gasteiger partial charge on any atom is -0.490 e. The number of methoxy groups -OCH3 is 1. The zero-order chi connectivity index (χ0) is 14.5. The van der Waals surface area contributed by atoms with Crippen molar-refractivity contribution in [2.45, 2.75) is 31.8 Å². The van der Waals surface area contributed by atoms with E-state index in [1.165, 1.54) is 7.11 Å². The number of aliphatic hydroxyl groups excluding tert-OH is 1. The second kappa shape index (κ2) is 6.56. The maximum Gasteiger partial charge on any atom is 0.333 e. The highest BCUT2D eigenvalue weighted by molar-refractivity contribution is 5.68. The molecule has 0 heterocycles. The largest absolute Gasteiger partial charge is 0.490 e. The minimum atomic E-state index is -0.425. The summed E-state index contributed by atoms with van der Waals surface area (Å²) in [5.41, 5.74) is 0.464. The van der Waals surface area contributed by atoms with Gasteiger partial charge in [-0.15, -0.1) is 0 Å². The highest BCUT2D eigenvalue weighted by Gasteiger charge is 2.23. The number of benzene rings is 1. The molecule has 1 aromatic carbocycles. The molecule has 110 valence electrons. The van der Waals surface area contributed by atoms with Crippen molar-refractivity contribution < 1.29 is 14.8 Å². The molecule has 2 rings (SSSR count). The molecule has 20 heavy (non-hydrogen) atoms. The number of nitro benzene ring substituents is 1. The second-order valence-electron chi connectivity index (χ2n) is 5.17. The molecule has 1 fully saturated rings. The first-order valence-corrected chi connectivity index (χ1v) is 6.85. The van der Waals surface area contributed by atoms with Crippen molar-refractivity contribution in [3.63, 3.8) is 0 Å². The zero-order valence-electron chi connectivity index (χ0n) is 11.5. The molecular weight excluding hydrogens is 260 g/mol. The Bertz CT molecular complexity index is 470.